The summed E-state index contributed by atoms with van der Waals surface area (Å²) in [5, 5.41) is 16.9. The molecule has 14 heteroatoms. The number of carbonyl (C=O) groups excluding carboxylic acids is 2. The van der Waals surface area contributed by atoms with Crippen molar-refractivity contribution in [2.45, 2.75) is 144 Å². The van der Waals surface area contributed by atoms with E-state index in [0.29, 0.717) is 75.4 Å². The van der Waals surface area contributed by atoms with E-state index < -0.39 is 33.2 Å². The Bertz CT molecular complexity index is 1860. The molecule has 1 heterocycles. The number of hydrogen-bond donors (Lipinski definition) is 3. The zero-order valence-corrected chi connectivity index (χ0v) is 41.5. The first-order valence-corrected chi connectivity index (χ1v) is 26.5. The molecule has 364 valence electrons. The topological polar surface area (TPSA) is 170 Å². The highest BCUT2D eigenvalue weighted by atomic mass is 32.2. The summed E-state index contributed by atoms with van der Waals surface area (Å²) >= 11 is 0. The van der Waals surface area contributed by atoms with Crippen molar-refractivity contribution in [2.75, 3.05) is 71.2 Å². The highest BCUT2D eigenvalue weighted by Crippen LogP contribution is 2.76. The molecule has 0 radical (unpaired) electrons. The van der Waals surface area contributed by atoms with E-state index >= 15 is 0 Å². The van der Waals surface area contributed by atoms with E-state index in [-0.39, 0.29) is 76.0 Å². The molecule has 6 saturated carbocycles. The van der Waals surface area contributed by atoms with Gasteiger partial charge in [-0.1, -0.05) is 60.6 Å². The number of rotatable bonds is 16. The number of ether oxygens (including phenoxy) is 4. The quantitative estimate of drug-likeness (QED) is 0.0815. The van der Waals surface area contributed by atoms with Crippen LogP contribution in [0.3, 0.4) is 0 Å². The number of nitrogens with zero attached hydrogens (tertiary/aromatic N) is 1. The molecule has 64 heavy (non-hydrogen) atoms. The molecular formula is C50H83N3O10S. The number of allylic oxidation sites excluding steroid dienone is 1. The Kier molecular flexibility index (Phi) is 14.2. The van der Waals surface area contributed by atoms with Gasteiger partial charge in [-0.2, -0.15) is 0 Å². The smallest absolute Gasteiger partial charge is 0.407 e. The van der Waals surface area contributed by atoms with Crippen LogP contribution in [0.25, 0.3) is 0 Å². The fourth-order valence-corrected chi connectivity index (χ4v) is 17.3. The molecule has 0 aromatic carbocycles. The van der Waals surface area contributed by atoms with Crippen molar-refractivity contribution < 1.29 is 46.9 Å². The lowest BCUT2D eigenvalue weighted by Gasteiger charge is -2.73. The van der Waals surface area contributed by atoms with Crippen LogP contribution in [0.1, 0.15) is 126 Å². The van der Waals surface area contributed by atoms with Crippen molar-refractivity contribution in [3.05, 3.63) is 12.2 Å². The molecule has 7 aliphatic rings. The average molecular weight is 918 g/mol. The van der Waals surface area contributed by atoms with Gasteiger partial charge in [-0.3, -0.25) is 14.5 Å². The minimum atomic E-state index is -3.08. The van der Waals surface area contributed by atoms with Crippen LogP contribution < -0.4 is 10.6 Å². The van der Waals surface area contributed by atoms with Crippen molar-refractivity contribution in [3.63, 3.8) is 0 Å². The number of methoxy groups -OCH3 is 1. The number of aliphatic carboxylic acids is 1. The zero-order valence-electron chi connectivity index (χ0n) is 40.7. The first kappa shape index (κ1) is 49.6. The van der Waals surface area contributed by atoms with Gasteiger partial charge in [0, 0.05) is 50.3 Å². The summed E-state index contributed by atoms with van der Waals surface area (Å²) in [5.41, 5.74) is 0.741. The normalized spacial score (nSPS) is 41.1. The number of sulfone groups is 1. The number of hydrogen-bond acceptors (Lipinski definition) is 11. The third-order valence-electron chi connectivity index (χ3n) is 20.1. The fraction of sp³-hybridized carbons (Fsp3) is 0.900. The van der Waals surface area contributed by atoms with Crippen LogP contribution in [0.5, 0.6) is 0 Å². The van der Waals surface area contributed by atoms with Gasteiger partial charge >= 0.3 is 18.0 Å². The predicted molar refractivity (Wildman–Crippen MR) is 246 cm³/mol. The molecular weight excluding hydrogens is 835 g/mol. The van der Waals surface area contributed by atoms with Gasteiger partial charge in [0.05, 0.1) is 43.2 Å². The molecule has 13 atom stereocenters. The number of esters is 1. The largest absolute Gasteiger partial charge is 0.481 e. The molecule has 0 spiro atoms. The van der Waals surface area contributed by atoms with Gasteiger partial charge in [0.1, 0.15) is 12.7 Å². The predicted octanol–water partition coefficient (Wildman–Crippen LogP) is 7.13. The summed E-state index contributed by atoms with van der Waals surface area (Å²) in [6, 6.07) is -0.101. The lowest BCUT2D eigenvalue weighted by molar-refractivity contribution is -0.248. The van der Waals surface area contributed by atoms with E-state index in [1.165, 1.54) is 18.4 Å². The molecule has 6 aliphatic carbocycles. The zero-order chi connectivity index (χ0) is 46.7. The van der Waals surface area contributed by atoms with Crippen LogP contribution in [0, 0.1) is 68.5 Å². The van der Waals surface area contributed by atoms with E-state index in [1.807, 2.05) is 13.8 Å². The van der Waals surface area contributed by atoms with Crippen LogP contribution in [0.15, 0.2) is 12.2 Å². The maximum absolute atomic E-state index is 13.7. The molecule has 0 bridgehead atoms. The molecule has 1 aliphatic heterocycles. The van der Waals surface area contributed by atoms with Gasteiger partial charge < -0.3 is 34.7 Å². The van der Waals surface area contributed by atoms with E-state index in [2.05, 4.69) is 63.7 Å². The molecule has 0 aromatic heterocycles. The Morgan fingerprint density at radius 2 is 1.50 bits per heavy atom. The molecule has 3 N–H and O–H groups in total. The second kappa shape index (κ2) is 18.3. The molecule has 7 fully saturated rings. The molecule has 1 amide bonds. The van der Waals surface area contributed by atoms with Crippen LogP contribution in [-0.2, 0) is 38.4 Å². The van der Waals surface area contributed by atoms with E-state index in [4.69, 9.17) is 18.9 Å². The minimum absolute atomic E-state index is 0.0817. The fourth-order valence-electron chi connectivity index (χ4n) is 16.0. The standard InChI is InChI=1S/C50H83N3O10S/c1-32(2)34-13-18-50(52-31-33(53-21-27-64(58,59)28-22-53)30-51-44(57)62-26-25-61-24-23-60-10)20-19-48(8)35(41(34)50)11-12-39-47(7)16-15-40(46(5,6)38(47)14-17-49(39,48)9)63-43(56)37-29-36(42(54)55)45(37,3)4/h33-41,52H,1,11-31H2,2-10H3,(H,51,57)(H,54,55)/t33?,34-,35+,36-,37+,38-,39+,40-,41+,47-,48+,49+,50-/m0/s1. The SMILES string of the molecule is C=C(C)[C@@H]1CC[C@]2(NCC(CNC(=O)OCCOCCOC)N3CCS(=O)(=O)CC3)CC[C@]3(C)[C@H](CC[C@@H]4[C@@]5(C)CC[C@H](OC(=O)[C@H]6C[C@@H](C(=O)O)C6(C)C)C(C)(C)[C@@H]5CC[C@]43C)[C@@H]12. The second-order valence-electron chi connectivity index (χ2n) is 23.5. The third kappa shape index (κ3) is 8.72. The Labute approximate surface area is 384 Å². The van der Waals surface area contributed by atoms with Gasteiger partial charge in [-0.05, 0) is 129 Å². The number of carboxylic acid groups (broad SMARTS) is 1. The lowest BCUT2D eigenvalue weighted by atomic mass is 9.32. The number of amides is 1. The number of alkyl carbamates (subject to hydrolysis) is 1. The van der Waals surface area contributed by atoms with Crippen molar-refractivity contribution in [1.82, 2.24) is 15.5 Å². The Morgan fingerprint density at radius 3 is 2.16 bits per heavy atom. The Morgan fingerprint density at radius 1 is 0.797 bits per heavy atom. The van der Waals surface area contributed by atoms with E-state index in [9.17, 15) is 27.9 Å². The first-order valence-electron chi connectivity index (χ1n) is 24.7. The van der Waals surface area contributed by atoms with Crippen molar-refractivity contribution in [2.24, 2.45) is 68.5 Å². The summed E-state index contributed by atoms with van der Waals surface area (Å²) in [4.78, 5) is 40.6. The van der Waals surface area contributed by atoms with Crippen LogP contribution in [-0.4, -0.2) is 125 Å². The van der Waals surface area contributed by atoms with E-state index in [1.54, 1.807) is 7.11 Å². The highest BCUT2D eigenvalue weighted by molar-refractivity contribution is 7.91. The van der Waals surface area contributed by atoms with Gasteiger partial charge in [0.2, 0.25) is 0 Å². The average Bonchev–Trinajstić information content (AvgIpc) is 3.60. The second-order valence-corrected chi connectivity index (χ2v) is 25.8. The number of carboxylic acids is 1. The lowest BCUT2D eigenvalue weighted by Crippen LogP contribution is -2.69. The molecule has 1 unspecified atom stereocenters. The van der Waals surface area contributed by atoms with Gasteiger partial charge in [-0.15, -0.1) is 0 Å². The third-order valence-corrected chi connectivity index (χ3v) is 21.7. The molecule has 1 saturated heterocycles. The summed E-state index contributed by atoms with van der Waals surface area (Å²) in [7, 11) is -1.47. The van der Waals surface area contributed by atoms with Gasteiger partial charge in [-0.25, -0.2) is 13.2 Å². The Balaban J connectivity index is 1.06. The van der Waals surface area contributed by atoms with Crippen molar-refractivity contribution in [3.8, 4) is 0 Å². The highest BCUT2D eigenvalue weighted by Gasteiger charge is 2.71. The first-order chi connectivity index (χ1) is 30.0. The van der Waals surface area contributed by atoms with Crippen molar-refractivity contribution >= 4 is 27.9 Å². The van der Waals surface area contributed by atoms with Crippen LogP contribution >= 0.6 is 0 Å². The van der Waals surface area contributed by atoms with E-state index in [0.717, 1.165) is 51.4 Å². The number of nitrogens with one attached hydrogen (secondary N) is 2. The Hall–Kier alpha value is -2.26. The molecule has 7 rings (SSSR count). The molecule has 13 nitrogen and oxygen atoms in total. The summed E-state index contributed by atoms with van der Waals surface area (Å²) < 4.78 is 47.4. The van der Waals surface area contributed by atoms with Crippen LogP contribution in [0.4, 0.5) is 4.79 Å². The summed E-state index contributed by atoms with van der Waals surface area (Å²) in [5.74, 6) is 0.605. The van der Waals surface area contributed by atoms with Crippen molar-refractivity contribution in [1.29, 1.82) is 0 Å². The summed E-state index contributed by atoms with van der Waals surface area (Å²) in [6.07, 6.45) is 10.5. The maximum Gasteiger partial charge on any atom is 0.407 e. The number of carbonyl (C=O) groups is 3. The van der Waals surface area contributed by atoms with Crippen LogP contribution in [0.2, 0.25) is 0 Å². The molecule has 0 aromatic rings. The van der Waals surface area contributed by atoms with Gasteiger partial charge in [0.15, 0.2) is 9.84 Å². The minimum Gasteiger partial charge on any atom is -0.481 e. The number of fused-ring (bicyclic) bond motifs is 7. The van der Waals surface area contributed by atoms with Gasteiger partial charge in [0.25, 0.3) is 0 Å². The monoisotopic (exact) mass is 918 g/mol. The summed E-state index contributed by atoms with van der Waals surface area (Å²) in [6.45, 7) is 26.4. The maximum atomic E-state index is 13.7.